The molecular weight excluding hydrogens is 224 g/mol. The molecule has 1 rings (SSSR count). The zero-order valence-corrected chi connectivity index (χ0v) is 12.1. The topological polar surface area (TPSA) is 34.1 Å². The molecule has 3 nitrogen and oxygen atoms in total. The molecule has 1 N–H and O–H groups in total. The summed E-state index contributed by atoms with van der Waals surface area (Å²) in [4.78, 5) is 4.33. The van der Waals surface area contributed by atoms with Crippen molar-refractivity contribution in [1.29, 1.82) is 0 Å². The molecule has 0 amide bonds. The summed E-state index contributed by atoms with van der Waals surface area (Å²) in [5.41, 5.74) is 2.16. The quantitative estimate of drug-likeness (QED) is 0.812. The van der Waals surface area contributed by atoms with Gasteiger partial charge < -0.3 is 10.1 Å². The second-order valence-electron chi connectivity index (χ2n) is 5.42. The van der Waals surface area contributed by atoms with Crippen LogP contribution in [-0.4, -0.2) is 17.1 Å². The van der Waals surface area contributed by atoms with Gasteiger partial charge in [0.1, 0.15) is 12.4 Å². The van der Waals surface area contributed by atoms with Crippen LogP contribution in [0.15, 0.2) is 24.4 Å². The van der Waals surface area contributed by atoms with Crippen LogP contribution < -0.4 is 10.1 Å². The average molecular weight is 248 g/mol. The minimum Gasteiger partial charge on any atom is -0.489 e. The molecule has 0 aromatic carbocycles. The number of aryl methyl sites for hydroxylation is 1. The van der Waals surface area contributed by atoms with E-state index in [0.717, 1.165) is 23.6 Å². The van der Waals surface area contributed by atoms with Crippen LogP contribution in [0.25, 0.3) is 0 Å². The summed E-state index contributed by atoms with van der Waals surface area (Å²) in [6.45, 7) is 11.8. The van der Waals surface area contributed by atoms with Gasteiger partial charge in [0.25, 0.3) is 0 Å². The first-order valence-electron chi connectivity index (χ1n) is 6.37. The third kappa shape index (κ3) is 5.32. The second-order valence-corrected chi connectivity index (χ2v) is 5.42. The largest absolute Gasteiger partial charge is 0.489 e. The average Bonchev–Trinajstić information content (AvgIpc) is 2.27. The van der Waals surface area contributed by atoms with Gasteiger partial charge in [-0.15, -0.1) is 0 Å². The monoisotopic (exact) mass is 248 g/mol. The Morgan fingerprint density at radius 3 is 2.72 bits per heavy atom. The molecule has 0 saturated heterocycles. The van der Waals surface area contributed by atoms with Gasteiger partial charge in [0.15, 0.2) is 0 Å². The first-order valence-corrected chi connectivity index (χ1v) is 6.37. The van der Waals surface area contributed by atoms with Crippen molar-refractivity contribution < 1.29 is 4.74 Å². The summed E-state index contributed by atoms with van der Waals surface area (Å²) in [5, 5.41) is 3.45. The van der Waals surface area contributed by atoms with E-state index in [-0.39, 0.29) is 5.54 Å². The third-order valence-electron chi connectivity index (χ3n) is 2.46. The van der Waals surface area contributed by atoms with E-state index in [1.165, 1.54) is 0 Å². The number of allylic oxidation sites excluding steroid dienone is 1. The van der Waals surface area contributed by atoms with Crippen LogP contribution in [0.2, 0.25) is 0 Å². The molecule has 0 atom stereocenters. The summed E-state index contributed by atoms with van der Waals surface area (Å²) in [6.07, 6.45) is 5.87. The lowest BCUT2D eigenvalue weighted by molar-refractivity contribution is 0.351. The van der Waals surface area contributed by atoms with Gasteiger partial charge in [-0.1, -0.05) is 12.2 Å². The highest BCUT2D eigenvalue weighted by Crippen LogP contribution is 2.19. The van der Waals surface area contributed by atoms with Crippen molar-refractivity contribution in [3.63, 3.8) is 0 Å². The fraction of sp³-hybridized carbons (Fsp3) is 0.533. The Morgan fingerprint density at radius 1 is 1.39 bits per heavy atom. The zero-order chi connectivity index (χ0) is 13.6. The molecule has 18 heavy (non-hydrogen) atoms. The van der Waals surface area contributed by atoms with Crippen molar-refractivity contribution in [2.75, 3.05) is 6.61 Å². The van der Waals surface area contributed by atoms with Gasteiger partial charge in [-0.3, -0.25) is 4.98 Å². The van der Waals surface area contributed by atoms with Crippen molar-refractivity contribution in [2.24, 2.45) is 0 Å². The van der Waals surface area contributed by atoms with E-state index in [9.17, 15) is 0 Å². The summed E-state index contributed by atoms with van der Waals surface area (Å²) in [6, 6.07) is 1.99. The molecule has 1 heterocycles. The SMILES string of the molecule is C/C=C/COc1cc(C)ncc1CNC(C)(C)C. The van der Waals surface area contributed by atoms with Gasteiger partial charge >= 0.3 is 0 Å². The number of nitrogens with one attached hydrogen (secondary N) is 1. The van der Waals surface area contributed by atoms with E-state index in [2.05, 4.69) is 31.1 Å². The van der Waals surface area contributed by atoms with E-state index in [4.69, 9.17) is 4.74 Å². The summed E-state index contributed by atoms with van der Waals surface area (Å²) < 4.78 is 5.76. The minimum absolute atomic E-state index is 0.0888. The van der Waals surface area contributed by atoms with E-state index in [1.54, 1.807) is 0 Å². The molecule has 0 spiro atoms. The van der Waals surface area contributed by atoms with Crippen LogP contribution in [0.4, 0.5) is 0 Å². The zero-order valence-electron chi connectivity index (χ0n) is 12.1. The molecule has 0 fully saturated rings. The number of nitrogens with zero attached hydrogens (tertiary/aromatic N) is 1. The van der Waals surface area contributed by atoms with Gasteiger partial charge in [0.05, 0.1) is 0 Å². The van der Waals surface area contributed by atoms with Crippen LogP contribution in [0.1, 0.15) is 39.0 Å². The molecule has 0 saturated carbocycles. The van der Waals surface area contributed by atoms with Crippen molar-refractivity contribution in [3.8, 4) is 5.75 Å². The standard InChI is InChI=1S/C15H24N2O/c1-6-7-8-18-14-9-12(2)16-10-13(14)11-17-15(3,4)5/h6-7,9-10,17H,8,11H2,1-5H3/b7-6+. The van der Waals surface area contributed by atoms with Gasteiger partial charge in [-0.25, -0.2) is 0 Å². The number of rotatable bonds is 5. The van der Waals surface area contributed by atoms with Crippen LogP contribution in [0.5, 0.6) is 5.75 Å². The first-order chi connectivity index (χ1) is 8.42. The number of hydrogen-bond acceptors (Lipinski definition) is 3. The molecule has 1 aromatic rings. The van der Waals surface area contributed by atoms with Crippen LogP contribution in [0, 0.1) is 6.92 Å². The fourth-order valence-corrected chi connectivity index (χ4v) is 1.42. The lowest BCUT2D eigenvalue weighted by Gasteiger charge is -2.21. The molecule has 0 aliphatic carbocycles. The van der Waals surface area contributed by atoms with Crippen LogP contribution in [-0.2, 0) is 6.54 Å². The van der Waals surface area contributed by atoms with Gasteiger partial charge in [0.2, 0.25) is 0 Å². The molecular formula is C15H24N2O. The molecule has 100 valence electrons. The maximum Gasteiger partial charge on any atom is 0.127 e. The van der Waals surface area contributed by atoms with Gasteiger partial charge in [-0.05, 0) is 34.6 Å². The maximum atomic E-state index is 5.76. The Hall–Kier alpha value is -1.35. The second kappa shape index (κ2) is 6.55. The highest BCUT2D eigenvalue weighted by molar-refractivity contribution is 5.33. The smallest absolute Gasteiger partial charge is 0.127 e. The maximum absolute atomic E-state index is 5.76. The summed E-state index contributed by atoms with van der Waals surface area (Å²) in [5.74, 6) is 0.914. The molecule has 0 aliphatic heterocycles. The van der Waals surface area contributed by atoms with Crippen LogP contribution >= 0.6 is 0 Å². The lowest BCUT2D eigenvalue weighted by atomic mass is 10.1. The van der Waals surface area contributed by atoms with E-state index in [1.807, 2.05) is 38.3 Å². The number of aromatic nitrogens is 1. The van der Waals surface area contributed by atoms with Crippen LogP contribution in [0.3, 0.4) is 0 Å². The molecule has 3 heteroatoms. The fourth-order valence-electron chi connectivity index (χ4n) is 1.42. The number of hydrogen-bond donors (Lipinski definition) is 1. The highest BCUT2D eigenvalue weighted by atomic mass is 16.5. The molecule has 0 bridgehead atoms. The number of pyridine rings is 1. The Morgan fingerprint density at radius 2 is 2.11 bits per heavy atom. The van der Waals surface area contributed by atoms with E-state index < -0.39 is 0 Å². The summed E-state index contributed by atoms with van der Waals surface area (Å²) >= 11 is 0. The Balaban J connectivity index is 2.76. The van der Waals surface area contributed by atoms with Crippen molar-refractivity contribution in [2.45, 2.75) is 46.7 Å². The van der Waals surface area contributed by atoms with E-state index in [0.29, 0.717) is 6.61 Å². The van der Waals surface area contributed by atoms with Crippen molar-refractivity contribution >= 4 is 0 Å². The lowest BCUT2D eigenvalue weighted by Crippen LogP contribution is -2.35. The Labute approximate surface area is 110 Å². The normalized spacial score (nSPS) is 12.1. The Bertz CT molecular complexity index is 405. The van der Waals surface area contributed by atoms with Crippen molar-refractivity contribution in [1.82, 2.24) is 10.3 Å². The summed E-state index contributed by atoms with van der Waals surface area (Å²) in [7, 11) is 0. The van der Waals surface area contributed by atoms with Gasteiger partial charge in [0, 0.05) is 35.6 Å². The van der Waals surface area contributed by atoms with Crippen molar-refractivity contribution in [3.05, 3.63) is 35.7 Å². The highest BCUT2D eigenvalue weighted by Gasteiger charge is 2.11. The molecule has 0 unspecified atom stereocenters. The molecule has 1 aromatic heterocycles. The number of ether oxygens (including phenoxy) is 1. The first kappa shape index (κ1) is 14.7. The molecule has 0 aliphatic rings. The van der Waals surface area contributed by atoms with E-state index >= 15 is 0 Å². The molecule has 0 radical (unpaired) electrons. The minimum atomic E-state index is 0.0888. The van der Waals surface area contributed by atoms with Gasteiger partial charge in [-0.2, -0.15) is 0 Å². The predicted molar refractivity (Wildman–Crippen MR) is 75.9 cm³/mol. The predicted octanol–water partition coefficient (Wildman–Crippen LogP) is 3.23. The Kier molecular flexibility index (Phi) is 5.35. The third-order valence-corrected chi connectivity index (χ3v) is 2.46.